The molecule has 3 rings (SSSR count). The van der Waals surface area contributed by atoms with Gasteiger partial charge < -0.3 is 9.73 Å². The quantitative estimate of drug-likeness (QED) is 0.511. The molecule has 2 aromatic carbocycles. The zero-order chi connectivity index (χ0) is 21.7. The molecule has 0 aliphatic rings. The van der Waals surface area contributed by atoms with E-state index in [2.05, 4.69) is 10.0 Å². The molecule has 3 aromatic rings. The van der Waals surface area contributed by atoms with Crippen LogP contribution in [0.3, 0.4) is 0 Å². The Morgan fingerprint density at radius 2 is 1.93 bits per heavy atom. The lowest BCUT2D eigenvalue weighted by Crippen LogP contribution is -2.44. The summed E-state index contributed by atoms with van der Waals surface area (Å²) in [5.41, 5.74) is 0.277. The average Bonchev–Trinajstić information content (AvgIpc) is 2.71. The molecule has 0 saturated carbocycles. The van der Waals surface area contributed by atoms with Crippen LogP contribution >= 0.6 is 11.8 Å². The second-order valence-corrected chi connectivity index (χ2v) is 9.05. The van der Waals surface area contributed by atoms with Crippen molar-refractivity contribution in [3.63, 3.8) is 0 Å². The molecule has 0 spiro atoms. The number of rotatable bonds is 8. The molecule has 30 heavy (non-hydrogen) atoms. The van der Waals surface area contributed by atoms with Crippen LogP contribution in [0.25, 0.3) is 11.0 Å². The van der Waals surface area contributed by atoms with Gasteiger partial charge in [-0.2, -0.15) is 16.5 Å². The number of halogens is 1. The smallest absolute Gasteiger partial charge is 0.336 e. The first kappa shape index (κ1) is 22.0. The molecule has 7 nitrogen and oxygen atoms in total. The van der Waals surface area contributed by atoms with Crippen LogP contribution in [-0.2, 0) is 14.8 Å². The van der Waals surface area contributed by atoms with Crippen LogP contribution in [0, 0.1) is 5.82 Å². The standard InChI is InChI=1S/C20H19FN2O5S2/c1-29-11-10-16(23-30(26,27)18-5-3-2-4-15(18)21)20(25)22-14-7-8-17-13(12-14)6-9-19(24)28-17/h2-9,12,16,23H,10-11H2,1H3,(H,22,25). The zero-order valence-corrected chi connectivity index (χ0v) is 17.6. The van der Waals surface area contributed by atoms with Gasteiger partial charge in [0.15, 0.2) is 0 Å². The molecule has 1 atom stereocenters. The molecule has 1 heterocycles. The summed E-state index contributed by atoms with van der Waals surface area (Å²) >= 11 is 1.45. The summed E-state index contributed by atoms with van der Waals surface area (Å²) in [5, 5.41) is 3.25. The Balaban J connectivity index is 1.82. The summed E-state index contributed by atoms with van der Waals surface area (Å²) in [6.07, 6.45) is 2.04. The van der Waals surface area contributed by atoms with Crippen LogP contribution in [0.1, 0.15) is 6.42 Å². The van der Waals surface area contributed by atoms with Crippen LogP contribution in [0.2, 0.25) is 0 Å². The number of carbonyl (C=O) groups is 1. The third-order valence-electron chi connectivity index (χ3n) is 4.24. The van der Waals surface area contributed by atoms with Crippen molar-refractivity contribution in [1.29, 1.82) is 0 Å². The molecule has 0 aliphatic heterocycles. The number of amides is 1. The maximum atomic E-state index is 14.0. The minimum Gasteiger partial charge on any atom is -0.423 e. The second kappa shape index (κ2) is 9.41. The van der Waals surface area contributed by atoms with Crippen molar-refractivity contribution in [2.45, 2.75) is 17.4 Å². The minimum atomic E-state index is -4.24. The number of carbonyl (C=O) groups excluding carboxylic acids is 1. The van der Waals surface area contributed by atoms with E-state index in [1.165, 1.54) is 36.0 Å². The van der Waals surface area contributed by atoms with Crippen LogP contribution in [-0.4, -0.2) is 32.4 Å². The highest BCUT2D eigenvalue weighted by Crippen LogP contribution is 2.19. The van der Waals surface area contributed by atoms with Gasteiger partial charge in [-0.3, -0.25) is 4.79 Å². The first-order chi connectivity index (χ1) is 14.3. The van der Waals surface area contributed by atoms with Crippen LogP contribution in [0.15, 0.2) is 68.7 Å². The van der Waals surface area contributed by atoms with Gasteiger partial charge in [0, 0.05) is 17.1 Å². The molecule has 1 aromatic heterocycles. The number of nitrogens with one attached hydrogen (secondary N) is 2. The number of hydrogen-bond donors (Lipinski definition) is 2. The van der Waals surface area contributed by atoms with E-state index in [0.717, 1.165) is 12.1 Å². The number of anilines is 1. The molecule has 0 aliphatic carbocycles. The van der Waals surface area contributed by atoms with Crippen molar-refractivity contribution in [2.24, 2.45) is 0 Å². The van der Waals surface area contributed by atoms with Gasteiger partial charge in [-0.1, -0.05) is 12.1 Å². The van der Waals surface area contributed by atoms with E-state index < -0.39 is 38.3 Å². The Morgan fingerprint density at radius 3 is 2.67 bits per heavy atom. The Morgan fingerprint density at radius 1 is 1.17 bits per heavy atom. The third kappa shape index (κ3) is 5.26. The monoisotopic (exact) mass is 450 g/mol. The summed E-state index contributed by atoms with van der Waals surface area (Å²) in [5.74, 6) is -0.966. The van der Waals surface area contributed by atoms with Crippen molar-refractivity contribution in [3.05, 3.63) is 70.8 Å². The molecular formula is C20H19FN2O5S2. The van der Waals surface area contributed by atoms with Crippen LogP contribution in [0.4, 0.5) is 10.1 Å². The number of fused-ring (bicyclic) bond motifs is 1. The van der Waals surface area contributed by atoms with E-state index in [1.54, 1.807) is 18.2 Å². The van der Waals surface area contributed by atoms with Gasteiger partial charge in [-0.05, 0) is 54.8 Å². The maximum absolute atomic E-state index is 14.0. The summed E-state index contributed by atoms with van der Waals surface area (Å²) < 4.78 is 46.5. The fraction of sp³-hybridized carbons (Fsp3) is 0.200. The number of hydrogen-bond acceptors (Lipinski definition) is 6. The van der Waals surface area contributed by atoms with Crippen LogP contribution < -0.4 is 15.7 Å². The Bertz CT molecular complexity index is 1230. The lowest BCUT2D eigenvalue weighted by atomic mass is 10.2. The lowest BCUT2D eigenvalue weighted by molar-refractivity contribution is -0.117. The highest BCUT2D eigenvalue weighted by molar-refractivity contribution is 7.98. The average molecular weight is 451 g/mol. The second-order valence-electron chi connectivity index (χ2n) is 6.38. The molecule has 0 saturated heterocycles. The molecule has 0 fully saturated rings. The summed E-state index contributed by atoms with van der Waals surface area (Å²) in [7, 11) is -4.24. The molecular weight excluding hydrogens is 431 g/mol. The summed E-state index contributed by atoms with van der Waals surface area (Å²) in [4.78, 5) is 23.5. The third-order valence-corrected chi connectivity index (χ3v) is 6.39. The highest BCUT2D eigenvalue weighted by Gasteiger charge is 2.27. The molecule has 10 heteroatoms. The van der Waals surface area contributed by atoms with Crippen LogP contribution in [0.5, 0.6) is 0 Å². The fourth-order valence-corrected chi connectivity index (χ4v) is 4.55. The van der Waals surface area contributed by atoms with Crippen molar-refractivity contribution in [3.8, 4) is 0 Å². The topological polar surface area (TPSA) is 105 Å². The largest absolute Gasteiger partial charge is 0.423 e. The molecule has 1 amide bonds. The van der Waals surface area contributed by atoms with E-state index in [1.807, 2.05) is 6.26 Å². The number of thioether (sulfide) groups is 1. The predicted octanol–water partition coefficient (Wildman–Crippen LogP) is 2.97. The van der Waals surface area contributed by atoms with Gasteiger partial charge >= 0.3 is 5.63 Å². The Labute approximate surface area is 176 Å². The molecule has 158 valence electrons. The maximum Gasteiger partial charge on any atom is 0.336 e. The van der Waals surface area contributed by atoms with Gasteiger partial charge in [-0.15, -0.1) is 0 Å². The number of benzene rings is 2. The Kier molecular flexibility index (Phi) is 6.91. The number of sulfonamides is 1. The van der Waals surface area contributed by atoms with E-state index >= 15 is 0 Å². The normalized spacial score (nSPS) is 12.6. The van der Waals surface area contributed by atoms with E-state index in [9.17, 15) is 22.4 Å². The lowest BCUT2D eigenvalue weighted by Gasteiger charge is -2.18. The van der Waals surface area contributed by atoms with Gasteiger partial charge in [0.2, 0.25) is 15.9 Å². The van der Waals surface area contributed by atoms with Gasteiger partial charge in [0.05, 0.1) is 0 Å². The van der Waals surface area contributed by atoms with Crippen molar-refractivity contribution >= 4 is 44.3 Å². The minimum absolute atomic E-state index is 0.211. The van der Waals surface area contributed by atoms with E-state index in [4.69, 9.17) is 4.42 Å². The van der Waals surface area contributed by atoms with E-state index in [0.29, 0.717) is 22.4 Å². The zero-order valence-electron chi connectivity index (χ0n) is 15.9. The summed E-state index contributed by atoms with van der Waals surface area (Å²) in [6.45, 7) is 0. The fourth-order valence-electron chi connectivity index (χ4n) is 2.77. The predicted molar refractivity (Wildman–Crippen MR) is 115 cm³/mol. The first-order valence-electron chi connectivity index (χ1n) is 8.91. The van der Waals surface area contributed by atoms with E-state index in [-0.39, 0.29) is 6.42 Å². The van der Waals surface area contributed by atoms with Gasteiger partial charge in [-0.25, -0.2) is 17.6 Å². The van der Waals surface area contributed by atoms with Crippen molar-refractivity contribution in [2.75, 3.05) is 17.3 Å². The van der Waals surface area contributed by atoms with Crippen molar-refractivity contribution < 1.29 is 22.0 Å². The summed E-state index contributed by atoms with van der Waals surface area (Å²) in [6, 6.07) is 11.4. The molecule has 0 radical (unpaired) electrons. The van der Waals surface area contributed by atoms with Gasteiger partial charge in [0.1, 0.15) is 22.3 Å². The van der Waals surface area contributed by atoms with Crippen molar-refractivity contribution in [1.82, 2.24) is 4.72 Å². The van der Waals surface area contributed by atoms with Gasteiger partial charge in [0.25, 0.3) is 0 Å². The molecule has 2 N–H and O–H groups in total. The SMILES string of the molecule is CSCCC(NS(=O)(=O)c1ccccc1F)C(=O)Nc1ccc2oc(=O)ccc2c1. The Hall–Kier alpha value is -2.69. The first-order valence-corrected chi connectivity index (χ1v) is 11.8. The molecule has 1 unspecified atom stereocenters. The highest BCUT2D eigenvalue weighted by atomic mass is 32.2. The molecule has 0 bridgehead atoms.